The topological polar surface area (TPSA) is 77.6 Å². The van der Waals surface area contributed by atoms with Crippen LogP contribution in [0.15, 0.2) is 51.5 Å². The quantitative estimate of drug-likeness (QED) is 0.891. The Kier molecular flexibility index (Phi) is 4.99. The summed E-state index contributed by atoms with van der Waals surface area (Å²) in [5.74, 6) is 0.455. The van der Waals surface area contributed by atoms with Crippen molar-refractivity contribution in [3.63, 3.8) is 0 Å². The lowest BCUT2D eigenvalue weighted by atomic mass is 10.1. The smallest absolute Gasteiger partial charge is 0.264 e. The van der Waals surface area contributed by atoms with Crippen molar-refractivity contribution in [3.8, 4) is 0 Å². The maximum atomic E-state index is 12.0. The molecular weight excluding hydrogens is 312 g/mol. The molecule has 3 rings (SSSR count). The minimum atomic E-state index is -0.509. The number of aliphatic imine (C=N–C) groups is 2. The number of rotatable bonds is 5. The first-order valence-electron chi connectivity index (χ1n) is 7.26. The van der Waals surface area contributed by atoms with E-state index in [0.29, 0.717) is 23.3 Å². The van der Waals surface area contributed by atoms with Crippen molar-refractivity contribution in [2.24, 2.45) is 21.0 Å². The zero-order chi connectivity index (χ0) is 16.1. The van der Waals surface area contributed by atoms with Gasteiger partial charge in [-0.25, -0.2) is 10.0 Å². The lowest BCUT2D eigenvalue weighted by Gasteiger charge is -2.19. The van der Waals surface area contributed by atoms with Gasteiger partial charge in [-0.2, -0.15) is 10.1 Å². The predicted molar refractivity (Wildman–Crippen MR) is 93.6 cm³/mol. The van der Waals surface area contributed by atoms with E-state index in [9.17, 15) is 4.79 Å². The molecule has 2 aliphatic heterocycles. The number of thioether (sulfide) groups is 1. The van der Waals surface area contributed by atoms with Gasteiger partial charge in [0.25, 0.3) is 5.91 Å². The molecule has 0 saturated heterocycles. The number of carbonyl (C=O) groups excluding carboxylic acids is 1. The Bertz CT molecular complexity index is 697. The minimum absolute atomic E-state index is 0.0449. The van der Waals surface area contributed by atoms with Crippen LogP contribution in [0.4, 0.5) is 0 Å². The van der Waals surface area contributed by atoms with Gasteiger partial charge in [-0.3, -0.25) is 4.79 Å². The van der Waals surface area contributed by atoms with Crippen LogP contribution >= 0.6 is 11.8 Å². The summed E-state index contributed by atoms with van der Waals surface area (Å²) in [5, 5.41) is 15.1. The number of benzene rings is 1. The minimum Gasteiger partial charge on any atom is -0.394 e. The molecule has 0 fully saturated rings. The highest BCUT2D eigenvalue weighted by molar-refractivity contribution is 8.14. The average molecular weight is 328 g/mol. The molecule has 1 aromatic rings. The highest BCUT2D eigenvalue weighted by Crippen LogP contribution is 2.21. The van der Waals surface area contributed by atoms with E-state index in [1.807, 2.05) is 42.5 Å². The molecule has 118 valence electrons. The van der Waals surface area contributed by atoms with Crippen LogP contribution in [0, 0.1) is 5.92 Å². The summed E-state index contributed by atoms with van der Waals surface area (Å²) in [5.41, 5.74) is 1.12. The van der Waals surface area contributed by atoms with Crippen molar-refractivity contribution < 1.29 is 9.90 Å². The maximum absolute atomic E-state index is 12.0. The van der Waals surface area contributed by atoms with E-state index in [-0.39, 0.29) is 12.5 Å². The zero-order valence-electron chi connectivity index (χ0n) is 12.4. The van der Waals surface area contributed by atoms with E-state index in [0.717, 1.165) is 5.56 Å². The van der Waals surface area contributed by atoms with Crippen molar-refractivity contribution in [1.29, 1.82) is 0 Å². The molecule has 6 nitrogen and oxygen atoms in total. The molecule has 23 heavy (non-hydrogen) atoms. The molecule has 1 N–H and O–H groups in total. The Morgan fingerprint density at radius 2 is 2.09 bits per heavy atom. The Morgan fingerprint density at radius 1 is 1.26 bits per heavy atom. The summed E-state index contributed by atoms with van der Waals surface area (Å²) in [6.45, 7) is 0.279. The molecule has 1 amide bonds. The van der Waals surface area contributed by atoms with Crippen molar-refractivity contribution in [3.05, 3.63) is 42.0 Å². The van der Waals surface area contributed by atoms with E-state index in [1.165, 1.54) is 18.0 Å². The molecule has 1 unspecified atom stereocenters. The van der Waals surface area contributed by atoms with Crippen LogP contribution in [-0.4, -0.2) is 52.1 Å². The van der Waals surface area contributed by atoms with Gasteiger partial charge >= 0.3 is 0 Å². The number of aliphatic hydroxyl groups is 1. The monoisotopic (exact) mass is 328 g/mol. The number of amidine groups is 2. The molecule has 2 aliphatic rings. The highest BCUT2D eigenvalue weighted by atomic mass is 32.2. The SMILES string of the molecule is O=C1N=C(SC/C=C/c2ccccc2)N=C2C1C=NN2CCO. The fraction of sp³-hybridized carbons (Fsp3) is 0.250. The maximum Gasteiger partial charge on any atom is 0.264 e. The van der Waals surface area contributed by atoms with Gasteiger partial charge in [0.05, 0.1) is 13.2 Å². The third kappa shape index (κ3) is 3.75. The molecule has 0 radical (unpaired) electrons. The molecule has 7 heteroatoms. The van der Waals surface area contributed by atoms with Crippen molar-refractivity contribution in [2.75, 3.05) is 18.9 Å². The van der Waals surface area contributed by atoms with Crippen LogP contribution in [-0.2, 0) is 4.79 Å². The number of hydrazone groups is 1. The molecule has 1 aromatic carbocycles. The Hall–Kier alpha value is -2.25. The lowest BCUT2D eigenvalue weighted by molar-refractivity contribution is -0.118. The van der Waals surface area contributed by atoms with Crippen LogP contribution < -0.4 is 0 Å². The van der Waals surface area contributed by atoms with Crippen LogP contribution in [0.5, 0.6) is 0 Å². The fourth-order valence-corrected chi connectivity index (χ4v) is 2.88. The van der Waals surface area contributed by atoms with E-state index in [1.54, 1.807) is 5.01 Å². The Morgan fingerprint density at radius 3 is 2.87 bits per heavy atom. The standard InChI is InChI=1S/C16H16N4O2S/c21-9-8-20-14-13(11-17-20)15(22)19-16(18-14)23-10-4-7-12-5-2-1-3-6-12/h1-7,11,13,21H,8-10H2/b7-4+. The highest BCUT2D eigenvalue weighted by Gasteiger charge is 2.35. The number of nitrogens with zero attached hydrogens (tertiary/aromatic N) is 4. The zero-order valence-corrected chi connectivity index (χ0v) is 13.2. The third-order valence-corrected chi connectivity index (χ3v) is 4.11. The third-order valence-electron chi connectivity index (χ3n) is 3.31. The normalized spacial score (nSPS) is 20.0. The number of β-amino-alcohol motifs (C(OH)–C–C–N with tert-alkyl or cyclic N) is 1. The summed E-state index contributed by atoms with van der Waals surface area (Å²) < 4.78 is 0. The number of hydrogen-bond acceptors (Lipinski definition) is 6. The molecule has 0 saturated carbocycles. The second-order valence-corrected chi connectivity index (χ2v) is 5.90. The van der Waals surface area contributed by atoms with Gasteiger partial charge in [0, 0.05) is 12.0 Å². The van der Waals surface area contributed by atoms with Gasteiger partial charge in [-0.05, 0) is 5.56 Å². The van der Waals surface area contributed by atoms with Crippen LogP contribution in [0.25, 0.3) is 6.08 Å². The lowest BCUT2D eigenvalue weighted by Crippen LogP contribution is -2.35. The summed E-state index contributed by atoms with van der Waals surface area (Å²) >= 11 is 1.40. The Labute approximate surface area is 138 Å². The molecule has 0 bridgehead atoms. The summed E-state index contributed by atoms with van der Waals surface area (Å²) in [6.07, 6.45) is 5.55. The molecule has 1 atom stereocenters. The predicted octanol–water partition coefficient (Wildman–Crippen LogP) is 1.64. The van der Waals surface area contributed by atoms with Gasteiger partial charge < -0.3 is 5.11 Å². The van der Waals surface area contributed by atoms with Gasteiger partial charge in [0.2, 0.25) is 0 Å². The summed E-state index contributed by atoms with van der Waals surface area (Å²) in [7, 11) is 0. The van der Waals surface area contributed by atoms with Crippen molar-refractivity contribution in [2.45, 2.75) is 0 Å². The first kappa shape index (κ1) is 15.6. The molecule has 0 aromatic heterocycles. The first-order valence-corrected chi connectivity index (χ1v) is 8.24. The molecule has 0 aliphatic carbocycles. The van der Waals surface area contributed by atoms with E-state index >= 15 is 0 Å². The average Bonchev–Trinajstić information content (AvgIpc) is 2.97. The molecule has 0 spiro atoms. The van der Waals surface area contributed by atoms with Crippen molar-refractivity contribution >= 4 is 41.0 Å². The number of aliphatic hydroxyl groups excluding tert-OH is 1. The van der Waals surface area contributed by atoms with Gasteiger partial charge in [0.15, 0.2) is 5.17 Å². The fourth-order valence-electron chi connectivity index (χ4n) is 2.22. The van der Waals surface area contributed by atoms with Crippen LogP contribution in [0.3, 0.4) is 0 Å². The Balaban J connectivity index is 1.61. The second-order valence-electron chi connectivity index (χ2n) is 4.92. The molecular formula is C16H16N4O2S. The van der Waals surface area contributed by atoms with Gasteiger partial charge in [0.1, 0.15) is 11.8 Å². The van der Waals surface area contributed by atoms with Gasteiger partial charge in [-0.15, -0.1) is 0 Å². The number of hydrogen-bond donors (Lipinski definition) is 1. The van der Waals surface area contributed by atoms with Crippen LogP contribution in [0.2, 0.25) is 0 Å². The van der Waals surface area contributed by atoms with Crippen LogP contribution in [0.1, 0.15) is 5.56 Å². The molecule has 2 heterocycles. The number of fused-ring (bicyclic) bond motifs is 1. The number of amides is 1. The van der Waals surface area contributed by atoms with E-state index < -0.39 is 5.92 Å². The summed E-state index contributed by atoms with van der Waals surface area (Å²) in [4.78, 5) is 20.4. The van der Waals surface area contributed by atoms with Gasteiger partial charge in [-0.1, -0.05) is 54.2 Å². The van der Waals surface area contributed by atoms with E-state index in [4.69, 9.17) is 5.11 Å². The number of carbonyl (C=O) groups is 1. The van der Waals surface area contributed by atoms with E-state index in [2.05, 4.69) is 15.1 Å². The largest absolute Gasteiger partial charge is 0.394 e. The second kappa shape index (κ2) is 7.34. The van der Waals surface area contributed by atoms with Crippen molar-refractivity contribution in [1.82, 2.24) is 5.01 Å². The first-order chi connectivity index (χ1) is 11.3. The summed E-state index contributed by atoms with van der Waals surface area (Å²) in [6, 6.07) is 9.99.